The number of hydrogen-bond donors (Lipinski definition) is 2. The third-order valence-electron chi connectivity index (χ3n) is 2.92. The van der Waals surface area contributed by atoms with E-state index in [0.29, 0.717) is 5.69 Å². The SMILES string of the molecule is COc1ccc(CNC(=O)C(=O)Nc2ccc(I)cc2)cc1. The lowest BCUT2D eigenvalue weighted by atomic mass is 10.2. The zero-order valence-corrected chi connectivity index (χ0v) is 14.1. The number of anilines is 1. The van der Waals surface area contributed by atoms with Crippen molar-refractivity contribution < 1.29 is 14.3 Å². The molecule has 0 heterocycles. The van der Waals surface area contributed by atoms with Crippen LogP contribution in [0.1, 0.15) is 5.56 Å². The van der Waals surface area contributed by atoms with Gasteiger partial charge in [0, 0.05) is 15.8 Å². The second kappa shape index (κ2) is 7.79. The van der Waals surface area contributed by atoms with Gasteiger partial charge in [0.2, 0.25) is 0 Å². The van der Waals surface area contributed by atoms with Crippen LogP contribution in [0.3, 0.4) is 0 Å². The molecule has 0 aliphatic carbocycles. The molecular weight excluding hydrogens is 395 g/mol. The maximum atomic E-state index is 11.8. The van der Waals surface area contributed by atoms with E-state index in [4.69, 9.17) is 4.74 Å². The molecule has 6 heteroatoms. The van der Waals surface area contributed by atoms with Gasteiger partial charge in [0.25, 0.3) is 0 Å². The monoisotopic (exact) mass is 410 g/mol. The van der Waals surface area contributed by atoms with Gasteiger partial charge in [-0.15, -0.1) is 0 Å². The molecule has 2 aromatic rings. The summed E-state index contributed by atoms with van der Waals surface area (Å²) in [5.41, 5.74) is 1.47. The standard InChI is InChI=1S/C16H15IN2O3/c1-22-14-8-2-11(3-9-14)10-18-15(20)16(21)19-13-6-4-12(17)5-7-13/h2-9H,10H2,1H3,(H,18,20)(H,19,21). The van der Waals surface area contributed by atoms with E-state index in [1.807, 2.05) is 24.3 Å². The van der Waals surface area contributed by atoms with Crippen molar-refractivity contribution in [3.63, 3.8) is 0 Å². The van der Waals surface area contributed by atoms with E-state index in [2.05, 4.69) is 33.2 Å². The van der Waals surface area contributed by atoms with E-state index in [1.54, 1.807) is 31.4 Å². The first-order valence-electron chi connectivity index (χ1n) is 6.56. The molecule has 0 atom stereocenters. The van der Waals surface area contributed by atoms with Crippen molar-refractivity contribution in [1.29, 1.82) is 0 Å². The smallest absolute Gasteiger partial charge is 0.313 e. The summed E-state index contributed by atoms with van der Waals surface area (Å²) >= 11 is 2.17. The minimum atomic E-state index is -0.685. The third kappa shape index (κ3) is 4.73. The Balaban J connectivity index is 1.85. The molecule has 0 saturated heterocycles. The van der Waals surface area contributed by atoms with Crippen LogP contribution in [-0.4, -0.2) is 18.9 Å². The molecule has 2 amide bonds. The number of halogens is 1. The van der Waals surface area contributed by atoms with Crippen molar-refractivity contribution in [1.82, 2.24) is 5.32 Å². The molecule has 0 unspecified atom stereocenters. The highest BCUT2D eigenvalue weighted by Gasteiger charge is 2.13. The average molecular weight is 410 g/mol. The molecule has 0 radical (unpaired) electrons. The first kappa shape index (κ1) is 16.3. The predicted octanol–water partition coefficient (Wildman–Crippen LogP) is 2.55. The highest BCUT2D eigenvalue weighted by molar-refractivity contribution is 14.1. The Kier molecular flexibility index (Phi) is 5.76. The van der Waals surface area contributed by atoms with E-state index >= 15 is 0 Å². The molecule has 0 aromatic heterocycles. The number of ether oxygens (including phenoxy) is 1. The number of methoxy groups -OCH3 is 1. The highest BCUT2D eigenvalue weighted by atomic mass is 127. The molecular formula is C16H15IN2O3. The molecule has 2 rings (SSSR count). The Morgan fingerprint density at radius 2 is 1.64 bits per heavy atom. The Labute approximate surface area is 142 Å². The molecule has 5 nitrogen and oxygen atoms in total. The van der Waals surface area contributed by atoms with Gasteiger partial charge in [-0.05, 0) is 64.6 Å². The maximum Gasteiger partial charge on any atom is 0.313 e. The van der Waals surface area contributed by atoms with Gasteiger partial charge in [-0.25, -0.2) is 0 Å². The molecule has 0 aliphatic heterocycles. The minimum Gasteiger partial charge on any atom is -0.497 e. The quantitative estimate of drug-likeness (QED) is 0.602. The molecule has 0 saturated carbocycles. The van der Waals surface area contributed by atoms with Crippen LogP contribution in [0.25, 0.3) is 0 Å². The van der Waals surface area contributed by atoms with E-state index in [1.165, 1.54) is 0 Å². The van der Waals surface area contributed by atoms with Crippen molar-refractivity contribution in [3.05, 3.63) is 57.7 Å². The summed E-state index contributed by atoms with van der Waals surface area (Å²) in [6, 6.07) is 14.5. The molecule has 22 heavy (non-hydrogen) atoms. The number of benzene rings is 2. The lowest BCUT2D eigenvalue weighted by Crippen LogP contribution is -2.34. The van der Waals surface area contributed by atoms with Crippen LogP contribution in [0, 0.1) is 3.57 Å². The molecule has 2 N–H and O–H groups in total. The van der Waals surface area contributed by atoms with Crippen LogP contribution in [0.4, 0.5) is 5.69 Å². The van der Waals surface area contributed by atoms with Crippen molar-refractivity contribution in [2.45, 2.75) is 6.54 Å². The maximum absolute atomic E-state index is 11.8. The minimum absolute atomic E-state index is 0.281. The van der Waals surface area contributed by atoms with Gasteiger partial charge in [0.15, 0.2) is 0 Å². The van der Waals surface area contributed by atoms with Crippen LogP contribution in [0.5, 0.6) is 5.75 Å². The van der Waals surface area contributed by atoms with Gasteiger partial charge in [-0.1, -0.05) is 12.1 Å². The predicted molar refractivity (Wildman–Crippen MR) is 92.6 cm³/mol. The van der Waals surface area contributed by atoms with Gasteiger partial charge in [-0.2, -0.15) is 0 Å². The van der Waals surface area contributed by atoms with Gasteiger partial charge in [0.1, 0.15) is 5.75 Å². The van der Waals surface area contributed by atoms with Crippen molar-refractivity contribution >= 4 is 40.1 Å². The summed E-state index contributed by atoms with van der Waals surface area (Å²) in [6.07, 6.45) is 0. The number of hydrogen-bond acceptors (Lipinski definition) is 3. The van der Waals surface area contributed by atoms with E-state index in [9.17, 15) is 9.59 Å². The van der Waals surface area contributed by atoms with Crippen LogP contribution in [0.2, 0.25) is 0 Å². The first-order chi connectivity index (χ1) is 10.6. The Morgan fingerprint density at radius 3 is 2.23 bits per heavy atom. The van der Waals surface area contributed by atoms with Crippen molar-refractivity contribution in [2.24, 2.45) is 0 Å². The average Bonchev–Trinajstić information content (AvgIpc) is 2.55. The Morgan fingerprint density at radius 1 is 1.00 bits per heavy atom. The zero-order chi connectivity index (χ0) is 15.9. The largest absolute Gasteiger partial charge is 0.497 e. The molecule has 0 bridgehead atoms. The second-order valence-corrected chi connectivity index (χ2v) is 5.74. The summed E-state index contributed by atoms with van der Waals surface area (Å²) < 4.78 is 6.11. The fourth-order valence-corrected chi connectivity index (χ4v) is 2.09. The van der Waals surface area contributed by atoms with Gasteiger partial charge >= 0.3 is 11.8 Å². The fourth-order valence-electron chi connectivity index (χ4n) is 1.73. The van der Waals surface area contributed by atoms with Gasteiger partial charge in [-0.3, -0.25) is 9.59 Å². The van der Waals surface area contributed by atoms with E-state index < -0.39 is 11.8 Å². The highest BCUT2D eigenvalue weighted by Crippen LogP contribution is 2.12. The summed E-state index contributed by atoms with van der Waals surface area (Å²) in [7, 11) is 1.59. The Bertz CT molecular complexity index is 654. The second-order valence-electron chi connectivity index (χ2n) is 4.49. The van der Waals surface area contributed by atoms with Crippen LogP contribution in [0.15, 0.2) is 48.5 Å². The van der Waals surface area contributed by atoms with Crippen LogP contribution < -0.4 is 15.4 Å². The first-order valence-corrected chi connectivity index (χ1v) is 7.64. The normalized spacial score (nSPS) is 9.91. The molecule has 0 spiro atoms. The molecule has 0 fully saturated rings. The number of amides is 2. The number of carbonyl (C=O) groups excluding carboxylic acids is 2. The van der Waals surface area contributed by atoms with E-state index in [-0.39, 0.29) is 6.54 Å². The molecule has 114 valence electrons. The summed E-state index contributed by atoms with van der Waals surface area (Å²) in [6.45, 7) is 0.281. The van der Waals surface area contributed by atoms with Crippen LogP contribution in [-0.2, 0) is 16.1 Å². The summed E-state index contributed by atoms with van der Waals surface area (Å²) in [5, 5.41) is 5.12. The molecule has 2 aromatic carbocycles. The van der Waals surface area contributed by atoms with E-state index in [0.717, 1.165) is 14.9 Å². The fraction of sp³-hybridized carbons (Fsp3) is 0.125. The van der Waals surface area contributed by atoms with Crippen LogP contribution >= 0.6 is 22.6 Å². The zero-order valence-electron chi connectivity index (χ0n) is 11.9. The van der Waals surface area contributed by atoms with Gasteiger partial charge < -0.3 is 15.4 Å². The lowest BCUT2D eigenvalue weighted by molar-refractivity contribution is -0.136. The number of rotatable bonds is 4. The third-order valence-corrected chi connectivity index (χ3v) is 3.64. The van der Waals surface area contributed by atoms with Crippen molar-refractivity contribution in [3.8, 4) is 5.75 Å². The topological polar surface area (TPSA) is 67.4 Å². The van der Waals surface area contributed by atoms with Crippen molar-refractivity contribution in [2.75, 3.05) is 12.4 Å². The summed E-state index contributed by atoms with van der Waals surface area (Å²) in [4.78, 5) is 23.5. The number of nitrogens with one attached hydrogen (secondary N) is 2. The number of carbonyl (C=O) groups is 2. The molecule has 0 aliphatic rings. The summed E-state index contributed by atoms with van der Waals surface area (Å²) in [5.74, 6) is -0.615. The Hall–Kier alpha value is -2.09. The lowest BCUT2D eigenvalue weighted by Gasteiger charge is -2.07. The van der Waals surface area contributed by atoms with Gasteiger partial charge in [0.05, 0.1) is 7.11 Å².